The first-order valence-corrected chi connectivity index (χ1v) is 22.8. The summed E-state index contributed by atoms with van der Waals surface area (Å²) in [7, 11) is 0. The largest absolute Gasteiger partial charge is 0.508 e. The fourth-order valence-electron chi connectivity index (χ4n) is 5.19. The summed E-state index contributed by atoms with van der Waals surface area (Å²) in [6, 6.07) is 21.6. The molecule has 0 saturated carbocycles. The van der Waals surface area contributed by atoms with Crippen molar-refractivity contribution in [2.75, 3.05) is 58.9 Å². The molecule has 0 atom stereocenters. The number of benzene rings is 3. The highest BCUT2D eigenvalue weighted by Crippen LogP contribution is 2.24. The van der Waals surface area contributed by atoms with Crippen LogP contribution in [0, 0.1) is 0 Å². The van der Waals surface area contributed by atoms with Gasteiger partial charge in [-0.2, -0.15) is 26.3 Å². The molecule has 0 spiro atoms. The van der Waals surface area contributed by atoms with Gasteiger partial charge < -0.3 is 51.7 Å². The molecule has 0 fully saturated rings. The highest BCUT2D eigenvalue weighted by atomic mass is 19.4. The molecule has 0 aliphatic heterocycles. The molecule has 3 aromatic carbocycles. The number of carbonyl (C=O) groups is 13. The maximum absolute atomic E-state index is 11.3. The van der Waals surface area contributed by atoms with Gasteiger partial charge in [0.2, 0.25) is 11.6 Å². The molecular weight excluding hydrogens is 1120 g/mol. The molecule has 26 nitrogen and oxygen atoms in total. The van der Waals surface area contributed by atoms with Crippen LogP contribution in [0.4, 0.5) is 26.3 Å². The van der Waals surface area contributed by atoms with Gasteiger partial charge in [0.25, 0.3) is 0 Å². The zero-order valence-electron chi connectivity index (χ0n) is 44.2. The van der Waals surface area contributed by atoms with E-state index in [2.05, 4.69) is 0 Å². The number of halogens is 6. The number of nitrogens with two attached hydrogens (primary N) is 1. The standard InChI is InChI=1S/C12H15NO4.C10H10O2.C6H12N2O4.C6H9NO6.C6H6O2.C5H2F6O2.C5H8O2/c1-9(14)6-13(8-12(16)17)7-10-4-2-3-5-11(10)15;1-8(11)7-10(12)9-5-3-2-4-6-9;7-1-2-8(3-5(9)10)4-6(11)12;8-4(9)1-7(2-5(10)11)3-6(12)13;7-5-3-1-2-4-6(5)8;6-4(7,8)2(12)1-3(13)5(9,10)11;1-4(6)3-5(2)7/h2-5,15H,6-8H2,1H3,(H,16,17);2-6H,7H2,1H3;1-4,7H2,(H,9,10)(H,11,12);1-3H2,(H,8,9)(H,10,11)(H,12,13);1-4,7-8H;1H2;3H2,1-2H3. The van der Waals surface area contributed by atoms with Crippen molar-refractivity contribution in [3.05, 3.63) is 90.0 Å². The summed E-state index contributed by atoms with van der Waals surface area (Å²) in [6.07, 6.45) is -12.9. The average Bonchev–Trinajstić information content (AvgIpc) is 3.29. The SMILES string of the molecule is CC(=O)CC(=O)c1ccccc1.CC(=O)CC(C)=O.CC(=O)CN(CC(=O)O)Cc1ccccc1O.NCCN(CC(=O)O)CC(=O)O.O=C(CC(=O)C(F)(F)F)C(F)(F)F.O=C(O)CN(CC(=O)O)CC(=O)O.Oc1ccccc1O. The van der Waals surface area contributed by atoms with Gasteiger partial charge in [-0.05, 0) is 45.9 Å². The molecule has 11 N–H and O–H groups in total. The second-order valence-corrected chi connectivity index (χ2v) is 16.2. The fourth-order valence-corrected chi connectivity index (χ4v) is 5.19. The number of phenols is 3. The highest BCUT2D eigenvalue weighted by molar-refractivity contribution is 6.07. The third-order valence-corrected chi connectivity index (χ3v) is 8.27. The van der Waals surface area contributed by atoms with E-state index in [1.807, 2.05) is 6.07 Å². The predicted octanol–water partition coefficient (Wildman–Crippen LogP) is 2.97. The lowest BCUT2D eigenvalue weighted by Crippen LogP contribution is -2.38. The zero-order chi connectivity index (χ0) is 64.5. The summed E-state index contributed by atoms with van der Waals surface area (Å²) in [5.74, 6) is -12.8. The summed E-state index contributed by atoms with van der Waals surface area (Å²) < 4.78 is 68.0. The predicted molar refractivity (Wildman–Crippen MR) is 270 cm³/mol. The number of nitrogens with zero attached hydrogens (tertiary/aromatic N) is 3. The molecular formula is C50H62F6N4O22. The van der Waals surface area contributed by atoms with Crippen molar-refractivity contribution < 1.29 is 135 Å². The molecule has 0 radical (unpaired) electrons. The quantitative estimate of drug-likeness (QED) is 0.0252. The number of aromatic hydroxyl groups is 3. The van der Waals surface area contributed by atoms with Crippen LogP contribution < -0.4 is 5.73 Å². The lowest BCUT2D eigenvalue weighted by atomic mass is 10.1. The van der Waals surface area contributed by atoms with Crippen LogP contribution in [0.2, 0.25) is 0 Å². The van der Waals surface area contributed by atoms with Crippen LogP contribution in [0.3, 0.4) is 0 Å². The zero-order valence-corrected chi connectivity index (χ0v) is 44.2. The molecule has 32 heteroatoms. The van der Waals surface area contributed by atoms with Crippen LogP contribution in [-0.4, -0.2) is 208 Å². The van der Waals surface area contributed by atoms with E-state index in [1.54, 1.807) is 54.6 Å². The Kier molecular flexibility index (Phi) is 41.6. The van der Waals surface area contributed by atoms with Crippen LogP contribution in [0.1, 0.15) is 62.9 Å². The molecule has 0 heterocycles. The lowest BCUT2D eigenvalue weighted by Gasteiger charge is -2.19. The molecule has 0 aliphatic carbocycles. The number of para-hydroxylation sites is 3. The van der Waals surface area contributed by atoms with Gasteiger partial charge in [0.15, 0.2) is 17.3 Å². The van der Waals surface area contributed by atoms with Crippen LogP contribution in [0.25, 0.3) is 0 Å². The minimum absolute atomic E-state index is 0.00398. The number of rotatable bonds is 25. The van der Waals surface area contributed by atoms with Crippen LogP contribution in [0.5, 0.6) is 17.2 Å². The minimum atomic E-state index is -5.40. The van der Waals surface area contributed by atoms with Crippen molar-refractivity contribution in [1.29, 1.82) is 0 Å². The number of alkyl halides is 6. The average molecular weight is 1190 g/mol. The molecule has 0 amide bonds. The van der Waals surface area contributed by atoms with Crippen molar-refractivity contribution in [2.45, 2.75) is 65.9 Å². The summed E-state index contributed by atoms with van der Waals surface area (Å²) >= 11 is 0. The van der Waals surface area contributed by atoms with Crippen molar-refractivity contribution >= 4 is 76.3 Å². The smallest absolute Gasteiger partial charge is 0.450 e. The van der Waals surface area contributed by atoms with Gasteiger partial charge in [0, 0.05) is 30.8 Å². The Bertz CT molecular complexity index is 2450. The maximum atomic E-state index is 11.3. The summed E-state index contributed by atoms with van der Waals surface area (Å²) in [4.78, 5) is 138. The monoisotopic (exact) mass is 1180 g/mol. The highest BCUT2D eigenvalue weighted by Gasteiger charge is 2.46. The van der Waals surface area contributed by atoms with Crippen molar-refractivity contribution in [1.82, 2.24) is 14.7 Å². The second-order valence-electron chi connectivity index (χ2n) is 16.2. The van der Waals surface area contributed by atoms with Gasteiger partial charge in [-0.3, -0.25) is 77.0 Å². The van der Waals surface area contributed by atoms with Gasteiger partial charge in [0.05, 0.1) is 65.1 Å². The van der Waals surface area contributed by atoms with Crippen molar-refractivity contribution in [3.63, 3.8) is 0 Å². The van der Waals surface area contributed by atoms with Gasteiger partial charge in [0.1, 0.15) is 28.9 Å². The van der Waals surface area contributed by atoms with Gasteiger partial charge in [-0.15, -0.1) is 0 Å². The molecule has 0 aromatic heterocycles. The third-order valence-electron chi connectivity index (χ3n) is 8.27. The van der Waals surface area contributed by atoms with E-state index in [0.717, 1.165) is 4.90 Å². The van der Waals surface area contributed by atoms with Crippen LogP contribution >= 0.6 is 0 Å². The number of carboxylic acid groups (broad SMARTS) is 6. The summed E-state index contributed by atoms with van der Waals surface area (Å²) in [6.45, 7) is 3.85. The molecule has 0 unspecified atom stereocenters. The third kappa shape index (κ3) is 49.3. The molecule has 0 bridgehead atoms. The Balaban J connectivity index is -0.000000439. The number of carboxylic acids is 6. The number of aliphatic carboxylic acids is 6. The molecule has 3 aromatic rings. The number of Topliss-reactive ketones (excluding diaryl/α,β-unsaturated/α-hetero) is 7. The molecule has 456 valence electrons. The molecule has 0 saturated heterocycles. The number of hydrogen-bond donors (Lipinski definition) is 10. The van der Waals surface area contributed by atoms with Gasteiger partial charge in [-0.25, -0.2) is 0 Å². The summed E-state index contributed by atoms with van der Waals surface area (Å²) in [5, 5.41) is 77.2. The fraction of sp³-hybridized carbons (Fsp3) is 0.380. The number of hydrogen-bond acceptors (Lipinski definition) is 20. The normalized spacial score (nSPS) is 10.2. The van der Waals surface area contributed by atoms with E-state index >= 15 is 0 Å². The summed E-state index contributed by atoms with van der Waals surface area (Å²) in [5.41, 5.74) is 6.36. The van der Waals surface area contributed by atoms with E-state index in [-0.39, 0.29) is 105 Å². The van der Waals surface area contributed by atoms with Gasteiger partial charge in [-0.1, -0.05) is 60.7 Å². The van der Waals surface area contributed by atoms with Crippen molar-refractivity contribution in [3.8, 4) is 17.2 Å². The first-order valence-electron chi connectivity index (χ1n) is 22.8. The molecule has 82 heavy (non-hydrogen) atoms. The topological polar surface area (TPSA) is 440 Å². The molecule has 3 rings (SSSR count). The Morgan fingerprint density at radius 2 is 0.720 bits per heavy atom. The van der Waals surface area contributed by atoms with E-state index in [1.165, 1.54) is 55.7 Å². The van der Waals surface area contributed by atoms with Gasteiger partial charge >= 0.3 is 48.2 Å². The van der Waals surface area contributed by atoms with Crippen LogP contribution in [-0.2, 0) is 64.1 Å². The Labute approximate surface area is 462 Å². The van der Waals surface area contributed by atoms with E-state index in [9.17, 15) is 93.8 Å². The lowest BCUT2D eigenvalue weighted by molar-refractivity contribution is -0.182. The molecule has 0 aliphatic rings. The minimum Gasteiger partial charge on any atom is -0.508 e. The number of phenolic OH excluding ortho intramolecular Hbond substituents is 3. The van der Waals surface area contributed by atoms with Crippen molar-refractivity contribution in [2.24, 2.45) is 5.73 Å². The second kappa shape index (κ2) is 42.9. The Morgan fingerprint density at radius 3 is 1.00 bits per heavy atom. The van der Waals surface area contributed by atoms with E-state index in [0.29, 0.717) is 11.1 Å². The number of ketones is 7. The first kappa shape index (κ1) is 79.5. The maximum Gasteiger partial charge on any atom is 0.450 e. The number of carbonyl (C=O) groups excluding carboxylic acids is 7. The van der Waals surface area contributed by atoms with E-state index in [4.69, 9.17) is 46.6 Å². The Hall–Kier alpha value is -9.01. The van der Waals surface area contributed by atoms with Crippen LogP contribution in [0.15, 0.2) is 78.9 Å². The first-order chi connectivity index (χ1) is 37.6. The Morgan fingerprint density at radius 1 is 0.402 bits per heavy atom. The van der Waals surface area contributed by atoms with E-state index < -0.39 is 85.8 Å².